The van der Waals surface area contributed by atoms with Crippen molar-refractivity contribution in [3.63, 3.8) is 0 Å². The van der Waals surface area contributed by atoms with Gasteiger partial charge in [0.05, 0.1) is 4.87 Å². The minimum absolute atomic E-state index is 0.297. The van der Waals surface area contributed by atoms with Gasteiger partial charge in [0.1, 0.15) is 0 Å². The molecule has 2 heteroatoms. The van der Waals surface area contributed by atoms with Crippen LogP contribution in [-0.2, 0) is 10.8 Å². The Bertz CT molecular complexity index is 881. The van der Waals surface area contributed by atoms with Gasteiger partial charge in [-0.2, -0.15) is 0 Å². The number of nitrogens with zero attached hydrogens (tertiary/aromatic N) is 1. The Morgan fingerprint density at radius 1 is 0.941 bits per heavy atom. The zero-order valence-electron chi connectivity index (χ0n) is 23.3. The molecule has 3 atom stereocenters. The van der Waals surface area contributed by atoms with Crippen molar-refractivity contribution in [3.05, 3.63) is 40.3 Å². The number of benzene rings is 1. The van der Waals surface area contributed by atoms with E-state index in [1.54, 1.807) is 16.7 Å². The van der Waals surface area contributed by atoms with E-state index in [-0.39, 0.29) is 0 Å². The molecule has 3 unspecified atom stereocenters. The second-order valence-electron chi connectivity index (χ2n) is 12.6. The molecule has 2 fully saturated rings. The van der Waals surface area contributed by atoms with Gasteiger partial charge in [0.15, 0.2) is 0 Å². The van der Waals surface area contributed by atoms with Crippen LogP contribution in [0.2, 0.25) is 0 Å². The molecule has 2 heterocycles. The number of rotatable bonds is 6. The maximum atomic E-state index is 2.90. The van der Waals surface area contributed by atoms with Crippen LogP contribution in [0.3, 0.4) is 0 Å². The van der Waals surface area contributed by atoms with Crippen molar-refractivity contribution in [3.8, 4) is 0 Å². The number of unbranched alkanes of at least 4 members (excludes halogenated alkanes) is 2. The Morgan fingerprint density at radius 2 is 1.68 bits per heavy atom. The number of hydrogen-bond donors (Lipinski definition) is 0. The standard InChI is InChI=1S/C30H45NS.C2H6/c1-6-7-8-10-22-11-9-17-31(18-14-22)30-20-27(30)24(21-32-30)23-12-13-25-26(19-23)29(4,5)16-15-28(25,2)3;1-2/h12-13,19,21-22,27H,6-11,14-18,20H2,1-5H3;1-2H3. The maximum Gasteiger partial charge on any atom is 0.0788 e. The largest absolute Gasteiger partial charge is 0.288 e. The van der Waals surface area contributed by atoms with Crippen molar-refractivity contribution < 1.29 is 0 Å². The number of likely N-dealkylation sites (tertiary alicyclic amines) is 1. The van der Waals surface area contributed by atoms with Crippen LogP contribution < -0.4 is 0 Å². The van der Waals surface area contributed by atoms with Crippen molar-refractivity contribution >= 4 is 17.3 Å². The molecule has 1 saturated carbocycles. The van der Waals surface area contributed by atoms with Gasteiger partial charge in [-0.15, -0.1) is 11.8 Å². The van der Waals surface area contributed by atoms with Gasteiger partial charge in [0.2, 0.25) is 0 Å². The lowest BCUT2D eigenvalue weighted by Gasteiger charge is -2.42. The van der Waals surface area contributed by atoms with Crippen LogP contribution in [0, 0.1) is 11.8 Å². The molecule has 1 nitrogen and oxygen atoms in total. The summed E-state index contributed by atoms with van der Waals surface area (Å²) in [7, 11) is 0. The Hall–Kier alpha value is -0.730. The third-order valence-corrected chi connectivity index (χ3v) is 10.9. The van der Waals surface area contributed by atoms with Crippen molar-refractivity contribution in [1.82, 2.24) is 4.90 Å². The molecule has 2 aliphatic heterocycles. The average molecular weight is 482 g/mol. The van der Waals surface area contributed by atoms with Gasteiger partial charge < -0.3 is 0 Å². The van der Waals surface area contributed by atoms with Gasteiger partial charge >= 0.3 is 0 Å². The zero-order valence-corrected chi connectivity index (χ0v) is 24.1. The summed E-state index contributed by atoms with van der Waals surface area (Å²) in [4.78, 5) is 3.30. The molecule has 0 radical (unpaired) electrons. The molecule has 34 heavy (non-hydrogen) atoms. The highest BCUT2D eigenvalue weighted by Crippen LogP contribution is 2.68. The molecule has 2 aliphatic carbocycles. The first-order valence-electron chi connectivity index (χ1n) is 14.6. The minimum atomic E-state index is 0.297. The number of thioether (sulfide) groups is 1. The third kappa shape index (κ3) is 4.93. The van der Waals surface area contributed by atoms with Crippen molar-refractivity contribution in [2.75, 3.05) is 13.1 Å². The van der Waals surface area contributed by atoms with E-state index in [2.05, 4.69) is 74.9 Å². The van der Waals surface area contributed by atoms with E-state index in [4.69, 9.17) is 0 Å². The van der Waals surface area contributed by atoms with E-state index in [0.717, 1.165) is 11.8 Å². The summed E-state index contributed by atoms with van der Waals surface area (Å²) in [5.74, 6) is 1.73. The quantitative estimate of drug-likeness (QED) is 0.372. The molecular formula is C32H51NS. The summed E-state index contributed by atoms with van der Waals surface area (Å²) in [5, 5.41) is 2.54. The monoisotopic (exact) mass is 481 g/mol. The summed E-state index contributed by atoms with van der Waals surface area (Å²) in [6.45, 7) is 18.8. The lowest BCUT2D eigenvalue weighted by Crippen LogP contribution is -2.36. The molecule has 5 rings (SSSR count). The van der Waals surface area contributed by atoms with Crippen LogP contribution in [0.1, 0.15) is 129 Å². The van der Waals surface area contributed by atoms with Crippen LogP contribution in [0.4, 0.5) is 0 Å². The summed E-state index contributed by atoms with van der Waals surface area (Å²) < 4.78 is 0. The molecule has 0 spiro atoms. The number of hydrogen-bond acceptors (Lipinski definition) is 2. The summed E-state index contributed by atoms with van der Waals surface area (Å²) >= 11 is 2.16. The molecule has 0 N–H and O–H groups in total. The topological polar surface area (TPSA) is 3.24 Å². The first kappa shape index (κ1) is 26.3. The summed E-state index contributed by atoms with van der Waals surface area (Å²) in [6, 6.07) is 7.52. The molecule has 0 aromatic heterocycles. The van der Waals surface area contributed by atoms with E-state index in [0.29, 0.717) is 15.7 Å². The van der Waals surface area contributed by atoms with Crippen molar-refractivity contribution in [1.29, 1.82) is 0 Å². The van der Waals surface area contributed by atoms with Gasteiger partial charge in [0.25, 0.3) is 0 Å². The molecule has 1 aromatic rings. The molecule has 0 bridgehead atoms. The lowest BCUT2D eigenvalue weighted by atomic mass is 9.63. The maximum absolute atomic E-state index is 2.90. The number of fused-ring (bicyclic) bond motifs is 2. The fraction of sp³-hybridized carbons (Fsp3) is 0.750. The van der Waals surface area contributed by atoms with E-state index in [9.17, 15) is 0 Å². The fourth-order valence-electron chi connectivity index (χ4n) is 6.94. The molecule has 0 amide bonds. The minimum Gasteiger partial charge on any atom is -0.288 e. The zero-order chi connectivity index (χ0) is 24.6. The normalized spacial score (nSPS) is 31.4. The van der Waals surface area contributed by atoms with E-state index in [1.165, 1.54) is 82.9 Å². The van der Waals surface area contributed by atoms with Gasteiger partial charge in [-0.3, -0.25) is 4.90 Å². The molecule has 1 saturated heterocycles. The molecule has 4 aliphatic rings. The van der Waals surface area contributed by atoms with E-state index >= 15 is 0 Å². The Balaban J connectivity index is 0.00000133. The molecule has 190 valence electrons. The highest BCUT2D eigenvalue weighted by Gasteiger charge is 2.63. The predicted octanol–water partition coefficient (Wildman–Crippen LogP) is 9.55. The molecular weight excluding hydrogens is 430 g/mol. The van der Waals surface area contributed by atoms with E-state index in [1.807, 2.05) is 13.8 Å². The SMILES string of the molecule is CC.CCCCCC1CCCN(C23CC2C(c2ccc4c(c2)C(C)(C)CCC4(C)C)=CS3)CC1. The van der Waals surface area contributed by atoms with Crippen molar-refractivity contribution in [2.24, 2.45) is 11.8 Å². The van der Waals surface area contributed by atoms with Crippen LogP contribution in [0.5, 0.6) is 0 Å². The summed E-state index contributed by atoms with van der Waals surface area (Å²) in [5.41, 5.74) is 6.96. The highest BCUT2D eigenvalue weighted by molar-refractivity contribution is 8.04. The molecule has 1 aromatic carbocycles. The Kier molecular flexibility index (Phi) is 8.00. The fourth-order valence-corrected chi connectivity index (χ4v) is 8.46. The van der Waals surface area contributed by atoms with Gasteiger partial charge in [-0.1, -0.05) is 92.3 Å². The average Bonchev–Trinajstić information content (AvgIpc) is 3.51. The second-order valence-corrected chi connectivity index (χ2v) is 13.8. The first-order valence-corrected chi connectivity index (χ1v) is 15.4. The Morgan fingerprint density at radius 3 is 2.38 bits per heavy atom. The Labute approximate surface area is 215 Å². The van der Waals surface area contributed by atoms with Gasteiger partial charge in [-0.25, -0.2) is 0 Å². The van der Waals surface area contributed by atoms with Gasteiger partial charge in [-0.05, 0) is 96.0 Å². The highest BCUT2D eigenvalue weighted by atomic mass is 32.2. The van der Waals surface area contributed by atoms with Crippen LogP contribution >= 0.6 is 11.8 Å². The van der Waals surface area contributed by atoms with E-state index < -0.39 is 0 Å². The van der Waals surface area contributed by atoms with Crippen LogP contribution in [0.15, 0.2) is 23.6 Å². The predicted molar refractivity (Wildman–Crippen MR) is 153 cm³/mol. The second kappa shape index (κ2) is 10.3. The lowest BCUT2D eigenvalue weighted by molar-refractivity contribution is 0.242. The first-order chi connectivity index (χ1) is 16.3. The van der Waals surface area contributed by atoms with Crippen LogP contribution in [0.25, 0.3) is 5.57 Å². The van der Waals surface area contributed by atoms with Gasteiger partial charge in [0, 0.05) is 5.92 Å². The third-order valence-electron chi connectivity index (χ3n) is 9.43. The van der Waals surface area contributed by atoms with Crippen molar-refractivity contribution in [2.45, 2.75) is 128 Å². The summed E-state index contributed by atoms with van der Waals surface area (Å²) in [6.07, 6.45) is 13.9. The van der Waals surface area contributed by atoms with Crippen LogP contribution in [-0.4, -0.2) is 22.9 Å². The smallest absolute Gasteiger partial charge is 0.0788 e.